The van der Waals surface area contributed by atoms with E-state index >= 15 is 0 Å². The zero-order valence-electron chi connectivity index (χ0n) is 14.0. The van der Waals surface area contributed by atoms with E-state index in [9.17, 15) is 5.11 Å². The molecule has 1 aromatic heterocycles. The van der Waals surface area contributed by atoms with Gasteiger partial charge in [-0.15, -0.1) is 0 Å². The predicted octanol–water partition coefficient (Wildman–Crippen LogP) is 3.63. The summed E-state index contributed by atoms with van der Waals surface area (Å²) in [6.45, 7) is 10.4. The van der Waals surface area contributed by atoms with Crippen LogP contribution in [0, 0.1) is 34.6 Å². The number of hydrogen-bond acceptors (Lipinski definition) is 2. The van der Waals surface area contributed by atoms with Crippen molar-refractivity contribution in [3.05, 3.63) is 51.3 Å². The molecule has 1 unspecified atom stereocenters. The zero-order chi connectivity index (χ0) is 15.7. The second-order valence-electron chi connectivity index (χ2n) is 6.12. The largest absolute Gasteiger partial charge is 0.388 e. The number of rotatable bonds is 4. The molecule has 1 heterocycles. The molecule has 0 aliphatic carbocycles. The normalized spacial score (nSPS) is 12.7. The first-order chi connectivity index (χ1) is 9.81. The van der Waals surface area contributed by atoms with Gasteiger partial charge in [0.2, 0.25) is 0 Å². The molecule has 0 aliphatic heterocycles. The number of benzene rings is 1. The molecule has 0 amide bonds. The summed E-state index contributed by atoms with van der Waals surface area (Å²) in [5, 5.41) is 15.0. The molecule has 0 bridgehead atoms. The van der Waals surface area contributed by atoms with Crippen molar-refractivity contribution in [3.63, 3.8) is 0 Å². The molecule has 1 N–H and O–H groups in total. The number of hydrogen-bond donors (Lipinski definition) is 1. The minimum Gasteiger partial charge on any atom is -0.388 e. The van der Waals surface area contributed by atoms with Crippen LogP contribution in [0.1, 0.15) is 51.7 Å². The average molecular weight is 286 g/mol. The second kappa shape index (κ2) is 6.02. The molecule has 0 saturated carbocycles. The number of nitrogens with zero attached hydrogens (tertiary/aromatic N) is 2. The van der Waals surface area contributed by atoms with Crippen molar-refractivity contribution >= 4 is 0 Å². The van der Waals surface area contributed by atoms with Crippen LogP contribution in [0.25, 0.3) is 0 Å². The smallest absolute Gasteiger partial charge is 0.0795 e. The van der Waals surface area contributed by atoms with E-state index in [2.05, 4.69) is 44.9 Å². The molecule has 2 rings (SSSR count). The van der Waals surface area contributed by atoms with Crippen molar-refractivity contribution in [2.45, 2.75) is 53.6 Å². The molecule has 1 aromatic carbocycles. The summed E-state index contributed by atoms with van der Waals surface area (Å²) < 4.78 is 1.92. The topological polar surface area (TPSA) is 38.1 Å². The Morgan fingerprint density at radius 1 is 1.05 bits per heavy atom. The highest BCUT2D eigenvalue weighted by Crippen LogP contribution is 2.26. The van der Waals surface area contributed by atoms with Crippen molar-refractivity contribution in [2.24, 2.45) is 7.05 Å². The fourth-order valence-corrected chi connectivity index (χ4v) is 2.96. The highest BCUT2D eigenvalue weighted by Gasteiger charge is 2.15. The zero-order valence-corrected chi connectivity index (χ0v) is 14.0. The molecular formula is C18H26N2O. The van der Waals surface area contributed by atoms with Crippen LogP contribution in [0.5, 0.6) is 0 Å². The van der Waals surface area contributed by atoms with E-state index < -0.39 is 6.10 Å². The number of aliphatic hydroxyl groups excluding tert-OH is 1. The van der Waals surface area contributed by atoms with Crippen molar-refractivity contribution < 1.29 is 5.11 Å². The van der Waals surface area contributed by atoms with Gasteiger partial charge >= 0.3 is 0 Å². The Hall–Kier alpha value is -1.61. The van der Waals surface area contributed by atoms with Gasteiger partial charge in [-0.3, -0.25) is 4.68 Å². The Morgan fingerprint density at radius 2 is 1.67 bits per heavy atom. The molecule has 1 atom stereocenters. The lowest BCUT2D eigenvalue weighted by atomic mass is 9.94. The van der Waals surface area contributed by atoms with E-state index in [-0.39, 0.29) is 0 Å². The third-order valence-corrected chi connectivity index (χ3v) is 4.57. The van der Waals surface area contributed by atoms with Gasteiger partial charge in [0.15, 0.2) is 0 Å². The number of aromatic nitrogens is 2. The summed E-state index contributed by atoms with van der Waals surface area (Å²) in [7, 11) is 1.97. The first-order valence-electron chi connectivity index (χ1n) is 7.56. The van der Waals surface area contributed by atoms with Crippen molar-refractivity contribution in [1.29, 1.82) is 0 Å². The van der Waals surface area contributed by atoms with Gasteiger partial charge in [-0.1, -0.05) is 12.1 Å². The molecule has 114 valence electrons. The summed E-state index contributed by atoms with van der Waals surface area (Å²) in [6, 6.07) is 4.28. The van der Waals surface area contributed by atoms with E-state index in [1.165, 1.54) is 27.9 Å². The van der Waals surface area contributed by atoms with Gasteiger partial charge in [-0.2, -0.15) is 5.10 Å². The van der Waals surface area contributed by atoms with E-state index in [1.54, 1.807) is 0 Å². The molecule has 0 fully saturated rings. The molecule has 3 nitrogen and oxygen atoms in total. The summed E-state index contributed by atoms with van der Waals surface area (Å²) >= 11 is 0. The van der Waals surface area contributed by atoms with E-state index in [0.29, 0.717) is 0 Å². The SMILES string of the molecule is Cc1cc(C)c(C(O)CCc2c(C)nn(C)c2C)cc1C. The van der Waals surface area contributed by atoms with Crippen molar-refractivity contribution in [3.8, 4) is 0 Å². The van der Waals surface area contributed by atoms with E-state index in [0.717, 1.165) is 24.1 Å². The lowest BCUT2D eigenvalue weighted by Gasteiger charge is -2.16. The standard InChI is InChI=1S/C18H26N2O/c1-11-9-13(3)17(10-12(11)2)18(21)8-7-16-14(4)19-20(6)15(16)5/h9-10,18,21H,7-8H2,1-6H3. The first-order valence-corrected chi connectivity index (χ1v) is 7.56. The van der Waals surface area contributed by atoms with Gasteiger partial charge in [0.05, 0.1) is 11.8 Å². The average Bonchev–Trinajstić information content (AvgIpc) is 2.65. The molecule has 0 radical (unpaired) electrons. The molecule has 0 spiro atoms. The third kappa shape index (κ3) is 3.18. The maximum absolute atomic E-state index is 10.5. The molecule has 3 heteroatoms. The molecule has 21 heavy (non-hydrogen) atoms. The van der Waals surface area contributed by atoms with Crippen LogP contribution in [-0.4, -0.2) is 14.9 Å². The highest BCUT2D eigenvalue weighted by atomic mass is 16.3. The van der Waals surface area contributed by atoms with Crippen molar-refractivity contribution in [1.82, 2.24) is 9.78 Å². The van der Waals surface area contributed by atoms with Crippen LogP contribution in [0.2, 0.25) is 0 Å². The van der Waals surface area contributed by atoms with Gasteiger partial charge in [-0.05, 0) is 75.3 Å². The summed E-state index contributed by atoms with van der Waals surface area (Å²) in [4.78, 5) is 0. The Bertz CT molecular complexity index is 656. The molecule has 2 aromatic rings. The van der Waals surface area contributed by atoms with Gasteiger partial charge in [-0.25, -0.2) is 0 Å². The maximum Gasteiger partial charge on any atom is 0.0795 e. The van der Waals surface area contributed by atoms with Crippen LogP contribution >= 0.6 is 0 Å². The predicted molar refractivity (Wildman–Crippen MR) is 86.6 cm³/mol. The van der Waals surface area contributed by atoms with Crippen LogP contribution in [0.15, 0.2) is 12.1 Å². The number of aryl methyl sites for hydroxylation is 5. The lowest BCUT2D eigenvalue weighted by Crippen LogP contribution is -2.04. The van der Waals surface area contributed by atoms with Gasteiger partial charge in [0.1, 0.15) is 0 Å². The molecule has 0 aliphatic rings. The third-order valence-electron chi connectivity index (χ3n) is 4.57. The van der Waals surface area contributed by atoms with Crippen LogP contribution in [0.4, 0.5) is 0 Å². The number of aliphatic hydroxyl groups is 1. The van der Waals surface area contributed by atoms with E-state index in [1.807, 2.05) is 18.7 Å². The highest BCUT2D eigenvalue weighted by molar-refractivity contribution is 5.37. The monoisotopic (exact) mass is 286 g/mol. The quantitative estimate of drug-likeness (QED) is 0.932. The fraction of sp³-hybridized carbons (Fsp3) is 0.500. The van der Waals surface area contributed by atoms with Crippen molar-refractivity contribution in [2.75, 3.05) is 0 Å². The Labute approximate surface area is 127 Å². The van der Waals surface area contributed by atoms with Gasteiger partial charge < -0.3 is 5.11 Å². The Morgan fingerprint density at radius 3 is 2.24 bits per heavy atom. The summed E-state index contributed by atoms with van der Waals surface area (Å²) in [5.74, 6) is 0. The lowest BCUT2D eigenvalue weighted by molar-refractivity contribution is 0.167. The van der Waals surface area contributed by atoms with Gasteiger partial charge in [0.25, 0.3) is 0 Å². The Balaban J connectivity index is 2.15. The van der Waals surface area contributed by atoms with Gasteiger partial charge in [0, 0.05) is 12.7 Å². The Kier molecular flexibility index (Phi) is 4.52. The van der Waals surface area contributed by atoms with Crippen LogP contribution in [0.3, 0.4) is 0 Å². The fourth-order valence-electron chi connectivity index (χ4n) is 2.96. The van der Waals surface area contributed by atoms with E-state index in [4.69, 9.17) is 0 Å². The van der Waals surface area contributed by atoms with Crippen LogP contribution < -0.4 is 0 Å². The minimum atomic E-state index is -0.414. The first kappa shape index (κ1) is 15.8. The minimum absolute atomic E-state index is 0.414. The summed E-state index contributed by atoms with van der Waals surface area (Å²) in [5.41, 5.74) is 8.27. The maximum atomic E-state index is 10.5. The molecular weight excluding hydrogens is 260 g/mol. The summed E-state index contributed by atoms with van der Waals surface area (Å²) in [6.07, 6.45) is 1.18. The molecule has 0 saturated heterocycles. The second-order valence-corrected chi connectivity index (χ2v) is 6.12. The van der Waals surface area contributed by atoms with Crippen LogP contribution in [-0.2, 0) is 13.5 Å².